The summed E-state index contributed by atoms with van der Waals surface area (Å²) in [6.07, 6.45) is 14.7. The minimum absolute atomic E-state index is 0.0789. The lowest BCUT2D eigenvalue weighted by molar-refractivity contribution is -0.134. The Balaban J connectivity index is 0.00000352. The van der Waals surface area contributed by atoms with Crippen LogP contribution in [-0.2, 0) is 25.7 Å². The van der Waals surface area contributed by atoms with Crippen LogP contribution >= 0.6 is 8.73 Å². The van der Waals surface area contributed by atoms with Crippen molar-refractivity contribution >= 4 is 38.1 Å². The first-order valence-electron chi connectivity index (χ1n) is 11.1. The van der Waals surface area contributed by atoms with Crippen molar-refractivity contribution < 1.29 is 28.4 Å². The second-order valence-electron chi connectivity index (χ2n) is 7.23. The Kier molecular flexibility index (Phi) is 14.1. The van der Waals surface area contributed by atoms with Crippen LogP contribution in [0.3, 0.4) is 0 Å². The highest BCUT2D eigenvalue weighted by molar-refractivity contribution is 7.36. The number of terminal acetylenes is 1. The van der Waals surface area contributed by atoms with E-state index in [1.165, 1.54) is 44.5 Å². The third kappa shape index (κ3) is 10.6. The molecule has 202 valence electrons. The van der Waals surface area contributed by atoms with E-state index in [9.17, 15) is 24.0 Å². The topological polar surface area (TPSA) is 175 Å². The van der Waals surface area contributed by atoms with E-state index in [0.717, 1.165) is 4.57 Å². The Morgan fingerprint density at radius 3 is 2.68 bits per heavy atom. The maximum atomic E-state index is 13.0. The molecule has 2 heterocycles. The normalized spacial score (nSPS) is 11.3. The molecule has 0 saturated carbocycles. The number of amides is 3. The molecule has 0 aliphatic carbocycles. The van der Waals surface area contributed by atoms with Gasteiger partial charge >= 0.3 is 5.97 Å². The van der Waals surface area contributed by atoms with Gasteiger partial charge in [-0.1, -0.05) is 17.3 Å². The maximum Gasteiger partial charge on any atom is 0.330 e. The van der Waals surface area contributed by atoms with Gasteiger partial charge in [0.05, 0.1) is 7.11 Å². The van der Waals surface area contributed by atoms with E-state index >= 15 is 0 Å². The van der Waals surface area contributed by atoms with Crippen molar-refractivity contribution in [2.75, 3.05) is 18.6 Å². The standard InChI is InChI=1S/C22H27N6O7P.C2H2/c1-4-12-36-27-17(29)13-28-11-7-9-16(22(28)33)25-20(31)15(8-5-6-10-18(30)34-3)24-21(32)19-23-14(2)35-26-19;1-2/h4,6-7,9-11,15,36H,1,5,8,12-13H2,2-3H3,(H,24,32)(H,25,31)(H,27,29);1-2H/b10-6+;/t15-;/m0./s1. The second-order valence-corrected chi connectivity index (χ2v) is 8.24. The molecule has 3 amide bonds. The van der Waals surface area contributed by atoms with Gasteiger partial charge in [-0.15, -0.1) is 19.4 Å². The number of hydrogen-bond acceptors (Lipinski definition) is 9. The molecule has 2 rings (SSSR count). The average Bonchev–Trinajstić information content (AvgIpc) is 3.35. The average molecular weight is 545 g/mol. The Morgan fingerprint density at radius 2 is 2.05 bits per heavy atom. The molecule has 0 spiro atoms. The Labute approximate surface area is 220 Å². The summed E-state index contributed by atoms with van der Waals surface area (Å²) in [6.45, 7) is 4.85. The van der Waals surface area contributed by atoms with Crippen LogP contribution < -0.4 is 21.3 Å². The van der Waals surface area contributed by atoms with Crippen LogP contribution in [0.15, 0.2) is 52.5 Å². The zero-order valence-electron chi connectivity index (χ0n) is 20.9. The van der Waals surface area contributed by atoms with E-state index in [1.54, 1.807) is 6.08 Å². The van der Waals surface area contributed by atoms with Crippen LogP contribution in [0, 0.1) is 19.8 Å². The number of rotatable bonds is 13. The smallest absolute Gasteiger partial charge is 0.330 e. The van der Waals surface area contributed by atoms with Gasteiger partial charge in [-0.2, -0.15) is 4.98 Å². The first-order valence-corrected chi connectivity index (χ1v) is 12.3. The number of carbonyl (C=O) groups excluding carboxylic acids is 4. The lowest BCUT2D eigenvalue weighted by Crippen LogP contribution is -2.45. The number of nitrogens with zero attached hydrogens (tertiary/aromatic N) is 3. The molecule has 0 aromatic carbocycles. The molecule has 2 atom stereocenters. The van der Waals surface area contributed by atoms with Crippen molar-refractivity contribution in [1.29, 1.82) is 0 Å². The van der Waals surface area contributed by atoms with Crippen LogP contribution in [-0.4, -0.2) is 57.7 Å². The number of hydrogen-bond donors (Lipinski definition) is 3. The molecular weight excluding hydrogens is 515 g/mol. The fraction of sp³-hybridized carbons (Fsp3) is 0.292. The van der Waals surface area contributed by atoms with Crippen molar-refractivity contribution in [3.63, 3.8) is 0 Å². The number of methoxy groups -OCH3 is 1. The summed E-state index contributed by atoms with van der Waals surface area (Å²) in [6, 6.07) is 1.77. The number of aryl methyl sites for hydroxylation is 1. The van der Waals surface area contributed by atoms with Crippen molar-refractivity contribution in [3.05, 3.63) is 65.2 Å². The molecule has 0 aliphatic rings. The fourth-order valence-electron chi connectivity index (χ4n) is 2.79. The van der Waals surface area contributed by atoms with Crippen molar-refractivity contribution in [2.45, 2.75) is 32.4 Å². The number of nitrogens with one attached hydrogen (secondary N) is 3. The third-order valence-electron chi connectivity index (χ3n) is 4.50. The van der Waals surface area contributed by atoms with Gasteiger partial charge in [0, 0.05) is 25.4 Å². The molecular formula is C24H29N6O7P. The zero-order chi connectivity index (χ0) is 28.5. The number of ether oxygens (including phenoxy) is 1. The van der Waals surface area contributed by atoms with Crippen molar-refractivity contribution in [2.24, 2.45) is 0 Å². The van der Waals surface area contributed by atoms with E-state index in [1.807, 2.05) is 0 Å². The Bertz CT molecular complexity index is 1230. The van der Waals surface area contributed by atoms with Gasteiger partial charge in [-0.25, -0.2) is 4.79 Å². The summed E-state index contributed by atoms with van der Waals surface area (Å²) in [5.74, 6) is -2.48. The molecule has 0 fully saturated rings. The summed E-state index contributed by atoms with van der Waals surface area (Å²) < 4.78 is 10.5. The minimum atomic E-state index is -1.12. The Hall–Kier alpha value is -4.56. The molecule has 0 aliphatic heterocycles. The first kappa shape index (κ1) is 31.5. The van der Waals surface area contributed by atoms with E-state index in [0.29, 0.717) is 6.16 Å². The van der Waals surface area contributed by atoms with Crippen molar-refractivity contribution in [1.82, 2.24) is 25.1 Å². The summed E-state index contributed by atoms with van der Waals surface area (Å²) in [5.41, 5.74) is -0.680. The molecule has 14 heteroatoms. The summed E-state index contributed by atoms with van der Waals surface area (Å²) in [5, 5.41) is 11.2. The van der Waals surface area contributed by atoms with Crippen molar-refractivity contribution in [3.8, 4) is 12.8 Å². The van der Waals surface area contributed by atoms with Gasteiger partial charge in [-0.3, -0.25) is 19.2 Å². The van der Waals surface area contributed by atoms with Gasteiger partial charge < -0.3 is 29.5 Å². The number of allylic oxidation sites excluding steroid dienone is 2. The van der Waals surface area contributed by atoms with Gasteiger partial charge in [0.2, 0.25) is 17.7 Å². The molecule has 3 N–H and O–H groups in total. The van der Waals surface area contributed by atoms with E-state index < -0.39 is 29.4 Å². The lowest BCUT2D eigenvalue weighted by Gasteiger charge is -2.17. The zero-order valence-corrected chi connectivity index (χ0v) is 21.9. The van der Waals surface area contributed by atoms with E-state index in [2.05, 4.69) is 50.0 Å². The van der Waals surface area contributed by atoms with E-state index in [-0.39, 0.29) is 51.4 Å². The second kappa shape index (κ2) is 17.0. The highest BCUT2D eigenvalue weighted by Gasteiger charge is 2.24. The number of esters is 1. The molecule has 0 radical (unpaired) electrons. The summed E-state index contributed by atoms with van der Waals surface area (Å²) >= 11 is 0. The largest absolute Gasteiger partial charge is 0.466 e. The predicted molar refractivity (Wildman–Crippen MR) is 141 cm³/mol. The molecule has 0 saturated heterocycles. The Morgan fingerprint density at radius 1 is 1.32 bits per heavy atom. The molecule has 13 nitrogen and oxygen atoms in total. The predicted octanol–water partition coefficient (Wildman–Crippen LogP) is 0.931. The van der Waals surface area contributed by atoms with Gasteiger partial charge in [0.25, 0.3) is 17.3 Å². The summed E-state index contributed by atoms with van der Waals surface area (Å²) in [7, 11) is 1.37. The van der Waals surface area contributed by atoms with E-state index in [4.69, 9.17) is 4.52 Å². The van der Waals surface area contributed by atoms with Crippen LogP contribution in [0.2, 0.25) is 0 Å². The summed E-state index contributed by atoms with van der Waals surface area (Å²) in [4.78, 5) is 65.4. The number of pyridine rings is 1. The maximum absolute atomic E-state index is 13.0. The molecule has 38 heavy (non-hydrogen) atoms. The molecule has 2 aromatic heterocycles. The highest BCUT2D eigenvalue weighted by Crippen LogP contribution is 2.07. The quantitative estimate of drug-likeness (QED) is 0.0827. The van der Waals surface area contributed by atoms with Crippen LogP contribution in [0.5, 0.6) is 0 Å². The molecule has 0 bridgehead atoms. The first-order chi connectivity index (χ1) is 18.2. The monoisotopic (exact) mass is 544 g/mol. The van der Waals surface area contributed by atoms with Crippen LogP contribution in [0.1, 0.15) is 29.4 Å². The number of aromatic nitrogens is 3. The number of carbonyl (C=O) groups is 4. The van der Waals surface area contributed by atoms with Gasteiger partial charge in [0.15, 0.2) is 0 Å². The van der Waals surface area contributed by atoms with Gasteiger partial charge in [-0.05, 0) is 33.7 Å². The SMILES string of the molecule is C#C.C=CCPNC(=O)Cn1cccc(NC(=O)[C@H](CC/C=C/C(=O)OC)NC(=O)c2noc(C)n2)c1=O. The number of anilines is 1. The third-order valence-corrected chi connectivity index (χ3v) is 5.44. The van der Waals surface area contributed by atoms with Gasteiger partial charge in [0.1, 0.15) is 18.3 Å². The molecule has 1 unspecified atom stereocenters. The van der Waals surface area contributed by atoms with Crippen LogP contribution in [0.25, 0.3) is 0 Å². The fourth-order valence-corrected chi connectivity index (χ4v) is 3.31. The highest BCUT2D eigenvalue weighted by atomic mass is 31.1. The lowest BCUT2D eigenvalue weighted by atomic mass is 10.1. The molecule has 2 aromatic rings. The van der Waals surface area contributed by atoms with Crippen LogP contribution in [0.4, 0.5) is 5.69 Å². The minimum Gasteiger partial charge on any atom is -0.466 e.